The van der Waals surface area contributed by atoms with Gasteiger partial charge in [-0.25, -0.2) is 0 Å². The van der Waals surface area contributed by atoms with Gasteiger partial charge in [0.05, 0.1) is 99.3 Å². The van der Waals surface area contributed by atoms with Gasteiger partial charge in [0.15, 0.2) is 0 Å². The van der Waals surface area contributed by atoms with E-state index in [0.717, 1.165) is 28.4 Å². The zero-order valence-corrected chi connectivity index (χ0v) is 79.9. The second-order valence-corrected chi connectivity index (χ2v) is 38.6. The predicted molar refractivity (Wildman–Crippen MR) is 619 cm³/mol. The molecule has 0 saturated carbocycles. The predicted octanol–water partition coefficient (Wildman–Crippen LogP) is 36.3. The zero-order valence-electron chi connectivity index (χ0n) is 79.9. The molecule has 0 atom stereocenters. The van der Waals surface area contributed by atoms with Gasteiger partial charge in [0.2, 0.25) is 0 Å². The largest absolute Gasteiger partial charge is 0.309 e. The van der Waals surface area contributed by atoms with Crippen LogP contribution in [0.2, 0.25) is 0 Å². The second kappa shape index (κ2) is 33.5. The molecule has 9 aromatic heterocycles. The summed E-state index contributed by atoms with van der Waals surface area (Å²) < 4.78 is 21.7. The van der Waals surface area contributed by atoms with Gasteiger partial charge < -0.3 is 41.1 Å². The molecule has 0 amide bonds. The van der Waals surface area contributed by atoms with Crippen molar-refractivity contribution in [3.63, 3.8) is 0 Å². The molecule has 32 rings (SSSR count). The summed E-state index contributed by atoms with van der Waals surface area (Å²) in [6.07, 6.45) is 0. The van der Waals surface area contributed by atoms with Gasteiger partial charge in [0.1, 0.15) is 0 Å². The molecule has 32 aromatic rings. The minimum Gasteiger partial charge on any atom is -0.309 e. The Kier molecular flexibility index (Phi) is 18.9. The number of hydrogen-bond donors (Lipinski definition) is 0. The molecule has 0 radical (unpaired) electrons. The lowest BCUT2D eigenvalue weighted by molar-refractivity contribution is 1.15. The number of para-hydroxylation sites is 14. The van der Waals surface area contributed by atoms with E-state index in [1.54, 1.807) is 0 Å². The molecule has 0 saturated heterocycles. The first-order valence-corrected chi connectivity index (χ1v) is 50.5. The molecule has 0 bridgehead atoms. The Balaban J connectivity index is 0.000000102. The summed E-state index contributed by atoms with van der Waals surface area (Å²) in [5, 5.41) is 22.7. The third kappa shape index (κ3) is 13.1. The van der Waals surface area contributed by atoms with Crippen LogP contribution in [0, 0.1) is 0 Å². The first-order valence-electron chi connectivity index (χ1n) is 50.5. The van der Waals surface area contributed by atoms with E-state index in [0.29, 0.717) is 0 Å². The molecular weight excluding hydrogens is 1780 g/mol. The van der Waals surface area contributed by atoms with Gasteiger partial charge in [-0.2, -0.15) is 0 Å². The van der Waals surface area contributed by atoms with Crippen molar-refractivity contribution in [2.24, 2.45) is 0 Å². The molecule has 0 aliphatic rings. The van der Waals surface area contributed by atoms with E-state index in [-0.39, 0.29) is 0 Å². The van der Waals surface area contributed by atoms with Gasteiger partial charge in [-0.15, -0.1) is 0 Å². The van der Waals surface area contributed by atoms with Crippen LogP contribution >= 0.6 is 0 Å². The number of rotatable bonds is 11. The van der Waals surface area contributed by atoms with Gasteiger partial charge in [-0.05, 0) is 235 Å². The SMILES string of the molecule is c1ccc(-c2cccc(-n3c4ccccc4c4ccc(-n5c6ccccc6c6cc(-n7c8ccccc8c8ccccc87)ccc65)cc43)c2)cc1.c1ccc(-n2c3ccccc3c3cc(-c4ccc(-n5c6ccccc6c6cc7c8ccccc8n(-c8ccccc8)c7cc65)cc4)ccc32)cc1.c1ccc(-n2c3ccccc3c3ccc(-n4c5ccccc5c5cc(-n6c7ccccc7c7ccccc76)ccc54)cc32)cc1. The lowest BCUT2D eigenvalue weighted by atomic mass is 10.0. The summed E-state index contributed by atoms with van der Waals surface area (Å²) in [7, 11) is 0. The van der Waals surface area contributed by atoms with E-state index >= 15 is 0 Å². The van der Waals surface area contributed by atoms with Gasteiger partial charge >= 0.3 is 0 Å². The van der Waals surface area contributed by atoms with Gasteiger partial charge in [0.25, 0.3) is 0 Å². The average Bonchev–Trinajstić information content (AvgIpc) is 1.56. The van der Waals surface area contributed by atoms with Crippen LogP contribution in [0.4, 0.5) is 0 Å². The van der Waals surface area contributed by atoms with Gasteiger partial charge in [-0.1, -0.05) is 328 Å². The van der Waals surface area contributed by atoms with Crippen LogP contribution < -0.4 is 0 Å². The zero-order chi connectivity index (χ0) is 96.4. The van der Waals surface area contributed by atoms with Gasteiger partial charge in [0, 0.05) is 148 Å². The quantitative estimate of drug-likeness (QED) is 0.124. The monoisotopic (exact) mass is 1870 g/mol. The van der Waals surface area contributed by atoms with Crippen molar-refractivity contribution in [1.29, 1.82) is 0 Å². The molecule has 0 fully saturated rings. The lowest BCUT2D eigenvalue weighted by Crippen LogP contribution is -1.98. The molecule has 147 heavy (non-hydrogen) atoms. The Bertz CT molecular complexity index is 10900. The first-order chi connectivity index (χ1) is 73.0. The van der Waals surface area contributed by atoms with Crippen molar-refractivity contribution in [2.45, 2.75) is 0 Å². The molecule has 0 N–H and O–H groups in total. The first kappa shape index (κ1) is 83.1. The Labute approximate surface area is 844 Å². The average molecular weight is 1870 g/mol. The summed E-state index contributed by atoms with van der Waals surface area (Å²) in [6, 6.07) is 196. The van der Waals surface area contributed by atoms with Crippen molar-refractivity contribution >= 4 is 196 Å². The highest BCUT2D eigenvalue weighted by Gasteiger charge is 2.26. The van der Waals surface area contributed by atoms with E-state index in [2.05, 4.69) is 581 Å². The topological polar surface area (TPSA) is 44.4 Å². The Hall–Kier alpha value is -19.7. The van der Waals surface area contributed by atoms with Crippen LogP contribution in [-0.2, 0) is 0 Å². The fraction of sp³-hybridized carbons (Fsp3) is 0. The third-order valence-corrected chi connectivity index (χ3v) is 30.7. The van der Waals surface area contributed by atoms with Gasteiger partial charge in [-0.3, -0.25) is 0 Å². The maximum atomic E-state index is 2.43. The summed E-state index contributed by atoms with van der Waals surface area (Å²) in [5.41, 5.74) is 37.0. The summed E-state index contributed by atoms with van der Waals surface area (Å²) in [5.74, 6) is 0. The fourth-order valence-electron chi connectivity index (χ4n) is 24.3. The molecule has 0 spiro atoms. The lowest BCUT2D eigenvalue weighted by Gasteiger charge is -2.13. The van der Waals surface area contributed by atoms with Crippen molar-refractivity contribution in [3.8, 4) is 73.4 Å². The number of benzene rings is 23. The summed E-state index contributed by atoms with van der Waals surface area (Å²) in [6.45, 7) is 0. The van der Waals surface area contributed by atoms with E-state index in [1.807, 2.05) is 0 Å². The van der Waals surface area contributed by atoms with Crippen LogP contribution in [0.15, 0.2) is 540 Å². The Morgan fingerprint density at radius 3 is 0.585 bits per heavy atom. The molecule has 23 aromatic carbocycles. The molecule has 686 valence electrons. The maximum absolute atomic E-state index is 2.43. The maximum Gasteiger partial charge on any atom is 0.0562 e. The van der Waals surface area contributed by atoms with E-state index in [4.69, 9.17) is 0 Å². The standard InChI is InChI=1S/2C48H31N3.C42H27N3/c1-3-13-34(14-4-1)49-43-20-10-7-17-37(43)40-29-33(25-28-46(40)49)32-23-26-36(27-24-32)51-45-22-12-9-19-39(45)42-30-41-38-18-8-11-21-44(38)50(47(41)31-48(42)51)35-15-5-2-6-16-35;1-2-13-32(14-3-1)33-15-12-16-34(29-33)51-45-23-10-6-19-39(45)41-27-25-36(31-48(41)51)50-46-24-11-7-20-40(46)42-30-35(26-28-47(42)50)49-43-21-8-4-17-37(43)38-18-5-9-22-44(38)49;1-2-12-28(13-3-1)43-37-18-8-6-16-33(37)35-24-22-30(27-42(35)43)45-40-21-11-7-17-34(40)36-26-29(23-25-41(36)45)44-38-19-9-4-14-31(38)32-15-5-10-20-39(32)44/h2*1-31H;1-27H. The van der Waals surface area contributed by atoms with E-state index in [1.165, 1.54) is 241 Å². The number of fused-ring (bicyclic) bond motifs is 27. The summed E-state index contributed by atoms with van der Waals surface area (Å²) in [4.78, 5) is 0. The molecule has 9 heterocycles. The van der Waals surface area contributed by atoms with Crippen LogP contribution in [0.1, 0.15) is 0 Å². The molecule has 0 aliphatic heterocycles. The summed E-state index contributed by atoms with van der Waals surface area (Å²) >= 11 is 0. The Morgan fingerprint density at radius 2 is 0.252 bits per heavy atom. The third-order valence-electron chi connectivity index (χ3n) is 30.7. The minimum absolute atomic E-state index is 1.14. The molecule has 9 heteroatoms. The van der Waals surface area contributed by atoms with Crippen LogP contribution in [-0.4, -0.2) is 41.1 Å². The van der Waals surface area contributed by atoms with Crippen LogP contribution in [0.25, 0.3) is 270 Å². The number of hydrogen-bond acceptors (Lipinski definition) is 0. The van der Waals surface area contributed by atoms with Crippen molar-refractivity contribution < 1.29 is 0 Å². The minimum atomic E-state index is 1.14. The van der Waals surface area contributed by atoms with Crippen molar-refractivity contribution in [2.75, 3.05) is 0 Å². The normalized spacial score (nSPS) is 11.9. The molecule has 0 aliphatic carbocycles. The highest BCUT2D eigenvalue weighted by molar-refractivity contribution is 6.22. The number of aromatic nitrogens is 9. The molecule has 0 unspecified atom stereocenters. The highest BCUT2D eigenvalue weighted by Crippen LogP contribution is 2.47. The molecule has 9 nitrogen and oxygen atoms in total. The van der Waals surface area contributed by atoms with Crippen molar-refractivity contribution in [3.05, 3.63) is 540 Å². The van der Waals surface area contributed by atoms with Crippen LogP contribution in [0.3, 0.4) is 0 Å². The highest BCUT2D eigenvalue weighted by atomic mass is 15.1. The molecular formula is C138H89N9. The second-order valence-electron chi connectivity index (χ2n) is 38.6. The Morgan fingerprint density at radius 1 is 0.0748 bits per heavy atom. The number of nitrogens with zero attached hydrogens (tertiary/aromatic N) is 9. The van der Waals surface area contributed by atoms with E-state index in [9.17, 15) is 0 Å². The van der Waals surface area contributed by atoms with Crippen LogP contribution in [0.5, 0.6) is 0 Å². The smallest absolute Gasteiger partial charge is 0.0562 e. The fourth-order valence-corrected chi connectivity index (χ4v) is 24.3. The van der Waals surface area contributed by atoms with E-state index < -0.39 is 0 Å². The van der Waals surface area contributed by atoms with Crippen molar-refractivity contribution in [1.82, 2.24) is 41.1 Å².